The Morgan fingerprint density at radius 2 is 1.59 bits per heavy atom. The number of Topliss-reactive ketones (excluding diaryl/α,β-unsaturated/α-hetero) is 1. The Labute approximate surface area is 165 Å². The summed E-state index contributed by atoms with van der Waals surface area (Å²) in [4.78, 5) is 24.5. The van der Waals surface area contributed by atoms with Gasteiger partial charge in [0, 0.05) is 17.0 Å². The van der Waals surface area contributed by atoms with Crippen molar-refractivity contribution in [2.75, 3.05) is 6.61 Å². The highest BCUT2D eigenvalue weighted by Gasteiger charge is 2.31. The molecular weight excluding hydrogens is 364 g/mol. The maximum Gasteiger partial charge on any atom is 0.315 e. The first-order valence-corrected chi connectivity index (χ1v) is 9.27. The molecule has 0 aliphatic rings. The smallest absolute Gasteiger partial charge is 0.315 e. The molecule has 0 amide bonds. The van der Waals surface area contributed by atoms with Crippen molar-refractivity contribution < 1.29 is 19.1 Å². The molecule has 2 aromatic carbocycles. The predicted octanol–water partition coefficient (Wildman–Crippen LogP) is 5.12. The molecule has 27 heavy (non-hydrogen) atoms. The third-order valence-electron chi connectivity index (χ3n) is 3.95. The normalized spacial score (nSPS) is 11.3. The number of carbonyl (C=O) groups is 2. The van der Waals surface area contributed by atoms with Crippen LogP contribution in [0.1, 0.15) is 43.6 Å². The average molecular weight is 389 g/mol. The van der Waals surface area contributed by atoms with Gasteiger partial charge < -0.3 is 9.47 Å². The molecule has 0 aliphatic carbocycles. The summed E-state index contributed by atoms with van der Waals surface area (Å²) in [6.07, 6.45) is 0.147. The second-order valence-corrected chi connectivity index (χ2v) is 7.81. The van der Waals surface area contributed by atoms with Gasteiger partial charge in [0.25, 0.3) is 0 Å². The van der Waals surface area contributed by atoms with Gasteiger partial charge >= 0.3 is 5.97 Å². The summed E-state index contributed by atoms with van der Waals surface area (Å²) in [6.45, 7) is 7.38. The maximum atomic E-state index is 12.4. The zero-order valence-corrected chi connectivity index (χ0v) is 16.9. The van der Waals surface area contributed by atoms with Crippen molar-refractivity contribution in [3.63, 3.8) is 0 Å². The summed E-state index contributed by atoms with van der Waals surface area (Å²) < 4.78 is 11.0. The van der Waals surface area contributed by atoms with Gasteiger partial charge in [-0.1, -0.05) is 23.7 Å². The fraction of sp³-hybridized carbons (Fsp3) is 0.364. The molecule has 0 N–H and O–H groups in total. The van der Waals surface area contributed by atoms with E-state index in [2.05, 4.69) is 0 Å². The highest BCUT2D eigenvalue weighted by molar-refractivity contribution is 6.30. The first kappa shape index (κ1) is 21.0. The van der Waals surface area contributed by atoms with Gasteiger partial charge in [0.15, 0.2) is 5.78 Å². The van der Waals surface area contributed by atoms with Crippen LogP contribution in [-0.4, -0.2) is 24.5 Å². The molecule has 0 bridgehead atoms. The third kappa shape index (κ3) is 6.40. The Morgan fingerprint density at radius 1 is 1.00 bits per heavy atom. The molecule has 4 nitrogen and oxygen atoms in total. The van der Waals surface area contributed by atoms with Gasteiger partial charge in [0.05, 0.1) is 11.5 Å². The van der Waals surface area contributed by atoms with Crippen LogP contribution in [0.3, 0.4) is 0 Å². The van der Waals surface area contributed by atoms with Crippen LogP contribution in [0.4, 0.5) is 0 Å². The lowest BCUT2D eigenvalue weighted by Crippen LogP contribution is -2.34. The van der Waals surface area contributed by atoms with E-state index in [1.807, 2.05) is 26.0 Å². The number of ketones is 1. The van der Waals surface area contributed by atoms with E-state index in [1.165, 1.54) is 0 Å². The fourth-order valence-electron chi connectivity index (χ4n) is 2.32. The molecule has 0 spiro atoms. The Balaban J connectivity index is 1.93. The maximum absolute atomic E-state index is 12.4. The van der Waals surface area contributed by atoms with Gasteiger partial charge in [0.1, 0.15) is 12.4 Å². The molecule has 0 saturated heterocycles. The van der Waals surface area contributed by atoms with E-state index in [4.69, 9.17) is 21.1 Å². The van der Waals surface area contributed by atoms with E-state index >= 15 is 0 Å². The lowest BCUT2D eigenvalue weighted by atomic mass is 9.95. The van der Waals surface area contributed by atoms with Gasteiger partial charge in [-0.2, -0.15) is 0 Å². The number of hydrogen-bond donors (Lipinski definition) is 0. The minimum Gasteiger partial charge on any atom is -0.492 e. The third-order valence-corrected chi connectivity index (χ3v) is 4.20. The molecule has 144 valence electrons. The molecule has 0 heterocycles. The largest absolute Gasteiger partial charge is 0.492 e. The summed E-state index contributed by atoms with van der Waals surface area (Å²) in [5, 5.41) is 0.646. The molecule has 0 atom stereocenters. The van der Waals surface area contributed by atoms with Crippen LogP contribution in [0.15, 0.2) is 48.5 Å². The van der Waals surface area contributed by atoms with E-state index in [1.54, 1.807) is 50.2 Å². The summed E-state index contributed by atoms with van der Waals surface area (Å²) in [5.74, 6) is 0.320. The second kappa shape index (κ2) is 9.05. The molecular formula is C22H25ClO4. The van der Waals surface area contributed by atoms with Crippen molar-refractivity contribution in [2.24, 2.45) is 5.41 Å². The second-order valence-electron chi connectivity index (χ2n) is 7.38. The minimum atomic E-state index is -0.757. The number of hydrogen-bond acceptors (Lipinski definition) is 4. The van der Waals surface area contributed by atoms with Crippen LogP contribution < -0.4 is 4.74 Å². The van der Waals surface area contributed by atoms with Gasteiger partial charge in [-0.15, -0.1) is 0 Å². The van der Waals surface area contributed by atoms with Crippen molar-refractivity contribution in [2.45, 2.75) is 40.2 Å². The molecule has 0 aliphatic heterocycles. The molecule has 0 radical (unpaired) electrons. The number of carbonyl (C=O) groups excluding carboxylic acids is 2. The molecule has 2 rings (SSSR count). The van der Waals surface area contributed by atoms with Crippen LogP contribution in [0, 0.1) is 5.41 Å². The monoisotopic (exact) mass is 388 g/mol. The molecule has 5 heteroatoms. The van der Waals surface area contributed by atoms with E-state index in [0.717, 1.165) is 5.56 Å². The minimum absolute atomic E-state index is 0.0183. The van der Waals surface area contributed by atoms with Crippen LogP contribution in [0.5, 0.6) is 5.75 Å². The summed E-state index contributed by atoms with van der Waals surface area (Å²) in [7, 11) is 0. The Hall–Kier alpha value is -2.33. The first-order chi connectivity index (χ1) is 12.7. The number of benzene rings is 2. The number of rotatable bonds is 8. The molecule has 0 unspecified atom stereocenters. The van der Waals surface area contributed by atoms with Crippen molar-refractivity contribution in [1.29, 1.82) is 0 Å². The van der Waals surface area contributed by atoms with E-state index in [0.29, 0.717) is 22.8 Å². The van der Waals surface area contributed by atoms with Crippen LogP contribution >= 0.6 is 11.6 Å². The summed E-state index contributed by atoms with van der Waals surface area (Å²) in [6, 6.07) is 14.2. The lowest BCUT2D eigenvalue weighted by molar-refractivity contribution is -0.159. The van der Waals surface area contributed by atoms with E-state index in [9.17, 15) is 9.59 Å². The van der Waals surface area contributed by atoms with Crippen LogP contribution in [0.2, 0.25) is 5.02 Å². The Morgan fingerprint density at radius 3 is 2.15 bits per heavy atom. The molecule has 0 fully saturated rings. The lowest BCUT2D eigenvalue weighted by Gasteiger charge is -2.24. The Kier molecular flexibility index (Phi) is 7.03. The van der Waals surface area contributed by atoms with Crippen molar-refractivity contribution in [3.8, 4) is 5.75 Å². The van der Waals surface area contributed by atoms with Gasteiger partial charge in [0.2, 0.25) is 0 Å². The number of esters is 1. The SMILES string of the molecule is CC(C)OC(=O)C(C)(C)COc1ccc(C(=O)Cc2ccc(Cl)cc2)cc1. The predicted molar refractivity (Wildman–Crippen MR) is 106 cm³/mol. The molecule has 0 saturated carbocycles. The van der Waals surface area contributed by atoms with E-state index < -0.39 is 5.41 Å². The zero-order chi connectivity index (χ0) is 20.0. The summed E-state index contributed by atoms with van der Waals surface area (Å²) >= 11 is 5.86. The average Bonchev–Trinajstić information content (AvgIpc) is 2.62. The topological polar surface area (TPSA) is 52.6 Å². The quantitative estimate of drug-likeness (QED) is 0.465. The molecule has 2 aromatic rings. The van der Waals surface area contributed by atoms with E-state index in [-0.39, 0.29) is 24.5 Å². The zero-order valence-electron chi connectivity index (χ0n) is 16.1. The summed E-state index contributed by atoms with van der Waals surface area (Å²) in [5.41, 5.74) is 0.763. The Bertz CT molecular complexity index is 777. The number of halogens is 1. The van der Waals surface area contributed by atoms with Gasteiger partial charge in [-0.3, -0.25) is 9.59 Å². The van der Waals surface area contributed by atoms with Crippen molar-refractivity contribution in [1.82, 2.24) is 0 Å². The highest BCUT2D eigenvalue weighted by Crippen LogP contribution is 2.22. The fourth-order valence-corrected chi connectivity index (χ4v) is 2.45. The van der Waals surface area contributed by atoms with Crippen molar-refractivity contribution >= 4 is 23.4 Å². The van der Waals surface area contributed by atoms with Gasteiger partial charge in [-0.25, -0.2) is 0 Å². The first-order valence-electron chi connectivity index (χ1n) is 8.89. The highest BCUT2D eigenvalue weighted by atomic mass is 35.5. The number of ether oxygens (including phenoxy) is 2. The van der Waals surface area contributed by atoms with Gasteiger partial charge in [-0.05, 0) is 69.7 Å². The van der Waals surface area contributed by atoms with Crippen molar-refractivity contribution in [3.05, 3.63) is 64.7 Å². The van der Waals surface area contributed by atoms with Crippen LogP contribution in [0.25, 0.3) is 0 Å². The standard InChI is InChI=1S/C22H25ClO4/c1-15(2)27-21(25)22(3,4)14-26-19-11-7-17(8-12-19)20(24)13-16-5-9-18(23)10-6-16/h5-12,15H,13-14H2,1-4H3. The van der Waals surface area contributed by atoms with Crippen LogP contribution in [-0.2, 0) is 16.0 Å². The molecule has 0 aromatic heterocycles.